The second-order valence-electron chi connectivity index (χ2n) is 4.07. The molecule has 0 bridgehead atoms. The van der Waals surface area contributed by atoms with Crippen LogP contribution in [-0.4, -0.2) is 22.5 Å². The summed E-state index contributed by atoms with van der Waals surface area (Å²) in [5.41, 5.74) is 8.68. The summed E-state index contributed by atoms with van der Waals surface area (Å²) in [4.78, 5) is 16.0. The van der Waals surface area contributed by atoms with E-state index in [9.17, 15) is 4.79 Å². The number of aryl methyl sites for hydroxylation is 1. The van der Waals surface area contributed by atoms with E-state index in [0.29, 0.717) is 5.95 Å². The molecule has 90 valence electrons. The van der Waals surface area contributed by atoms with Gasteiger partial charge in [-0.15, -0.1) is 0 Å². The van der Waals surface area contributed by atoms with E-state index < -0.39 is 0 Å². The third-order valence-corrected chi connectivity index (χ3v) is 2.95. The summed E-state index contributed by atoms with van der Waals surface area (Å²) in [6.07, 6.45) is 0. The monoisotopic (exact) mass is 232 g/mol. The molecule has 1 amide bonds. The molecule has 1 aromatic carbocycles. The van der Waals surface area contributed by atoms with E-state index in [0.717, 1.165) is 16.6 Å². The Hall–Kier alpha value is -2.04. The summed E-state index contributed by atoms with van der Waals surface area (Å²) >= 11 is 0. The lowest BCUT2D eigenvalue weighted by Crippen LogP contribution is -2.28. The summed E-state index contributed by atoms with van der Waals surface area (Å²) in [7, 11) is 1.61. The molecule has 0 saturated heterocycles. The Morgan fingerprint density at radius 1 is 1.53 bits per heavy atom. The van der Waals surface area contributed by atoms with Crippen molar-refractivity contribution in [3.63, 3.8) is 0 Å². The predicted octanol–water partition coefficient (Wildman–Crippen LogP) is 1.23. The fraction of sp³-hybridized carbons (Fsp3) is 0.333. The highest BCUT2D eigenvalue weighted by molar-refractivity contribution is 5.86. The van der Waals surface area contributed by atoms with E-state index in [-0.39, 0.29) is 11.9 Å². The van der Waals surface area contributed by atoms with Crippen molar-refractivity contribution in [3.05, 3.63) is 23.8 Å². The van der Waals surface area contributed by atoms with Gasteiger partial charge in [0.1, 0.15) is 6.04 Å². The number of likely N-dealkylation sites (N-methyl/N-ethyl adjacent to an activating group) is 1. The lowest BCUT2D eigenvalue weighted by atomic mass is 10.2. The number of hydrogen-bond acceptors (Lipinski definition) is 3. The minimum absolute atomic E-state index is 0.0840. The van der Waals surface area contributed by atoms with Crippen molar-refractivity contribution in [1.82, 2.24) is 14.9 Å². The van der Waals surface area contributed by atoms with E-state index in [4.69, 9.17) is 5.73 Å². The molecule has 1 unspecified atom stereocenters. The van der Waals surface area contributed by atoms with Gasteiger partial charge in [0.25, 0.3) is 0 Å². The number of nitrogens with one attached hydrogen (secondary N) is 1. The topological polar surface area (TPSA) is 72.9 Å². The van der Waals surface area contributed by atoms with Gasteiger partial charge in [0, 0.05) is 7.05 Å². The molecule has 0 spiro atoms. The predicted molar refractivity (Wildman–Crippen MR) is 67.7 cm³/mol. The molecule has 0 fully saturated rings. The molecule has 2 rings (SSSR count). The van der Waals surface area contributed by atoms with E-state index in [2.05, 4.69) is 10.3 Å². The molecular formula is C12H16N4O. The number of nitrogens with zero attached hydrogens (tertiary/aromatic N) is 2. The van der Waals surface area contributed by atoms with E-state index in [1.807, 2.05) is 32.0 Å². The number of para-hydroxylation sites is 1. The van der Waals surface area contributed by atoms with Gasteiger partial charge in [-0.25, -0.2) is 4.98 Å². The number of fused-ring (bicyclic) bond motifs is 1. The van der Waals surface area contributed by atoms with Crippen LogP contribution in [0.15, 0.2) is 18.2 Å². The Morgan fingerprint density at radius 2 is 2.24 bits per heavy atom. The second-order valence-corrected chi connectivity index (χ2v) is 4.07. The van der Waals surface area contributed by atoms with E-state index in [1.165, 1.54) is 0 Å². The smallest absolute Gasteiger partial charge is 0.242 e. The van der Waals surface area contributed by atoms with Gasteiger partial charge >= 0.3 is 0 Å². The first-order valence-electron chi connectivity index (χ1n) is 5.51. The van der Waals surface area contributed by atoms with Gasteiger partial charge in [-0.05, 0) is 25.5 Å². The zero-order chi connectivity index (χ0) is 12.6. The van der Waals surface area contributed by atoms with Crippen molar-refractivity contribution in [2.24, 2.45) is 0 Å². The maximum absolute atomic E-state index is 11.7. The largest absolute Gasteiger partial charge is 0.369 e. The molecule has 5 nitrogen and oxygen atoms in total. The van der Waals surface area contributed by atoms with Gasteiger partial charge in [0.15, 0.2) is 0 Å². The molecular weight excluding hydrogens is 216 g/mol. The summed E-state index contributed by atoms with van der Waals surface area (Å²) in [6.45, 7) is 3.79. The molecule has 1 heterocycles. The normalized spacial score (nSPS) is 12.6. The zero-order valence-corrected chi connectivity index (χ0v) is 10.2. The Morgan fingerprint density at radius 3 is 2.88 bits per heavy atom. The summed E-state index contributed by atoms with van der Waals surface area (Å²) in [6, 6.07) is 5.44. The van der Waals surface area contributed by atoms with Crippen LogP contribution in [0.2, 0.25) is 0 Å². The fourth-order valence-electron chi connectivity index (χ4n) is 2.06. The Kier molecular flexibility index (Phi) is 2.75. The number of rotatable bonds is 2. The van der Waals surface area contributed by atoms with E-state index in [1.54, 1.807) is 11.6 Å². The number of nitrogens with two attached hydrogens (primary N) is 1. The Labute approximate surface area is 99.6 Å². The first-order chi connectivity index (χ1) is 8.06. The molecule has 17 heavy (non-hydrogen) atoms. The van der Waals surface area contributed by atoms with Crippen LogP contribution in [0.3, 0.4) is 0 Å². The molecule has 5 heteroatoms. The molecule has 0 radical (unpaired) electrons. The van der Waals surface area contributed by atoms with Gasteiger partial charge in [-0.2, -0.15) is 0 Å². The van der Waals surface area contributed by atoms with Crippen molar-refractivity contribution in [2.45, 2.75) is 19.9 Å². The van der Waals surface area contributed by atoms with Crippen molar-refractivity contribution >= 4 is 22.9 Å². The number of amides is 1. The van der Waals surface area contributed by atoms with Gasteiger partial charge in [0.2, 0.25) is 11.9 Å². The average molecular weight is 232 g/mol. The molecule has 1 atom stereocenters. The number of carbonyl (C=O) groups is 1. The number of imidazole rings is 1. The van der Waals surface area contributed by atoms with Crippen LogP contribution in [0, 0.1) is 6.92 Å². The highest BCUT2D eigenvalue weighted by Crippen LogP contribution is 2.25. The molecule has 2 aromatic rings. The quantitative estimate of drug-likeness (QED) is 0.818. The second kappa shape index (κ2) is 4.08. The van der Waals surface area contributed by atoms with Crippen LogP contribution < -0.4 is 11.1 Å². The van der Waals surface area contributed by atoms with Crippen LogP contribution in [0.4, 0.5) is 5.95 Å². The summed E-state index contributed by atoms with van der Waals surface area (Å²) < 4.78 is 1.77. The highest BCUT2D eigenvalue weighted by atomic mass is 16.2. The lowest BCUT2D eigenvalue weighted by molar-refractivity contribution is -0.123. The summed E-state index contributed by atoms with van der Waals surface area (Å²) in [5.74, 6) is 0.282. The Bertz CT molecular complexity index is 573. The average Bonchev–Trinajstić information content (AvgIpc) is 2.65. The third-order valence-electron chi connectivity index (χ3n) is 2.95. The van der Waals surface area contributed by atoms with Gasteiger partial charge < -0.3 is 11.1 Å². The van der Waals surface area contributed by atoms with Crippen LogP contribution in [0.25, 0.3) is 11.0 Å². The van der Waals surface area contributed by atoms with Crippen LogP contribution in [-0.2, 0) is 4.79 Å². The minimum Gasteiger partial charge on any atom is -0.369 e. The van der Waals surface area contributed by atoms with E-state index >= 15 is 0 Å². The first-order valence-corrected chi connectivity index (χ1v) is 5.51. The zero-order valence-electron chi connectivity index (χ0n) is 10.2. The SMILES string of the molecule is CNC(=O)C(C)n1c(N)nc2cccc(C)c21. The van der Waals surface area contributed by atoms with Crippen molar-refractivity contribution in [2.75, 3.05) is 12.8 Å². The van der Waals surface area contributed by atoms with Crippen molar-refractivity contribution in [3.8, 4) is 0 Å². The van der Waals surface area contributed by atoms with Crippen molar-refractivity contribution in [1.29, 1.82) is 0 Å². The fourth-order valence-corrected chi connectivity index (χ4v) is 2.06. The molecule has 1 aromatic heterocycles. The number of hydrogen-bond donors (Lipinski definition) is 2. The molecule has 0 aliphatic carbocycles. The first kappa shape index (κ1) is 11.4. The van der Waals surface area contributed by atoms with Crippen LogP contribution >= 0.6 is 0 Å². The van der Waals surface area contributed by atoms with Gasteiger partial charge in [-0.3, -0.25) is 9.36 Å². The maximum Gasteiger partial charge on any atom is 0.242 e. The number of aromatic nitrogens is 2. The van der Waals surface area contributed by atoms with Crippen LogP contribution in [0.1, 0.15) is 18.5 Å². The minimum atomic E-state index is -0.369. The lowest BCUT2D eigenvalue weighted by Gasteiger charge is -2.15. The van der Waals surface area contributed by atoms with Gasteiger partial charge in [-0.1, -0.05) is 12.1 Å². The van der Waals surface area contributed by atoms with Crippen LogP contribution in [0.5, 0.6) is 0 Å². The molecule has 0 aliphatic rings. The molecule has 3 N–H and O–H groups in total. The maximum atomic E-state index is 11.7. The number of benzene rings is 1. The molecule has 0 aliphatic heterocycles. The number of nitrogen functional groups attached to an aromatic ring is 1. The number of anilines is 1. The van der Waals surface area contributed by atoms with Crippen molar-refractivity contribution < 1.29 is 4.79 Å². The van der Waals surface area contributed by atoms with Gasteiger partial charge in [0.05, 0.1) is 11.0 Å². The standard InChI is InChI=1S/C12H16N4O/c1-7-5-4-6-9-10(7)16(12(13)15-9)8(2)11(17)14-3/h4-6,8H,1-3H3,(H2,13,15)(H,14,17). The Balaban J connectivity index is 2.68. The summed E-state index contributed by atoms with van der Waals surface area (Å²) in [5, 5.41) is 2.62. The number of carbonyl (C=O) groups excluding carboxylic acids is 1. The molecule has 0 saturated carbocycles. The third kappa shape index (κ3) is 1.73. The highest BCUT2D eigenvalue weighted by Gasteiger charge is 2.20.